The van der Waals surface area contributed by atoms with Gasteiger partial charge in [-0.1, -0.05) is 60.7 Å². The van der Waals surface area contributed by atoms with Crippen molar-refractivity contribution in [3.63, 3.8) is 0 Å². The van der Waals surface area contributed by atoms with Crippen molar-refractivity contribution in [2.75, 3.05) is 20.1 Å². The Labute approximate surface area is 143 Å². The highest BCUT2D eigenvalue weighted by Gasteiger charge is 2.40. The Hall–Kier alpha value is -2.13. The predicted molar refractivity (Wildman–Crippen MR) is 95.9 cm³/mol. The third kappa shape index (κ3) is 2.73. The van der Waals surface area contributed by atoms with Crippen LogP contribution in [0.2, 0.25) is 0 Å². The van der Waals surface area contributed by atoms with Gasteiger partial charge in [-0.05, 0) is 31.0 Å². The molecule has 0 spiro atoms. The molecule has 2 saturated heterocycles. The zero-order valence-corrected chi connectivity index (χ0v) is 14.1. The second-order valence-corrected chi connectivity index (χ2v) is 7.05. The Morgan fingerprint density at radius 2 is 1.33 bits per heavy atom. The number of fused-ring (bicyclic) bond motifs is 2. The van der Waals surface area contributed by atoms with Crippen molar-refractivity contribution >= 4 is 5.91 Å². The number of hydrogen-bond donors (Lipinski definition) is 0. The normalized spacial score (nSPS) is 23.7. The Kier molecular flexibility index (Phi) is 4.11. The number of piperazine rings is 1. The fourth-order valence-corrected chi connectivity index (χ4v) is 4.24. The Morgan fingerprint density at radius 1 is 0.875 bits per heavy atom. The van der Waals surface area contributed by atoms with Crippen LogP contribution in [0.1, 0.15) is 29.9 Å². The average molecular weight is 320 g/mol. The average Bonchev–Trinajstić information content (AvgIpc) is 2.85. The van der Waals surface area contributed by atoms with Crippen LogP contribution in [0, 0.1) is 0 Å². The highest BCUT2D eigenvalue weighted by Crippen LogP contribution is 2.32. The molecular formula is C21H24N2O. The van der Waals surface area contributed by atoms with E-state index in [0.717, 1.165) is 24.2 Å². The molecule has 2 heterocycles. The molecule has 2 aliphatic heterocycles. The third-order valence-corrected chi connectivity index (χ3v) is 5.67. The van der Waals surface area contributed by atoms with Crippen LogP contribution >= 0.6 is 0 Å². The van der Waals surface area contributed by atoms with Gasteiger partial charge in [0.25, 0.3) is 0 Å². The summed E-state index contributed by atoms with van der Waals surface area (Å²) in [5.41, 5.74) is 2.17. The Morgan fingerprint density at radius 3 is 1.79 bits per heavy atom. The van der Waals surface area contributed by atoms with Crippen LogP contribution in [0.15, 0.2) is 60.7 Å². The maximum absolute atomic E-state index is 13.4. The minimum Gasteiger partial charge on any atom is -0.339 e. The van der Waals surface area contributed by atoms with E-state index in [1.54, 1.807) is 0 Å². The van der Waals surface area contributed by atoms with E-state index in [1.807, 2.05) is 36.4 Å². The zero-order chi connectivity index (χ0) is 16.5. The SMILES string of the molecule is CN1C2CCC1CN(C(=O)C(c1ccccc1)c1ccccc1)C2. The Bertz CT molecular complexity index is 647. The molecule has 0 saturated carbocycles. The molecular weight excluding hydrogens is 296 g/mol. The lowest BCUT2D eigenvalue weighted by Gasteiger charge is -2.40. The van der Waals surface area contributed by atoms with Crippen molar-refractivity contribution in [1.29, 1.82) is 0 Å². The molecule has 2 aliphatic rings. The van der Waals surface area contributed by atoms with E-state index in [4.69, 9.17) is 0 Å². The zero-order valence-electron chi connectivity index (χ0n) is 14.1. The summed E-state index contributed by atoms with van der Waals surface area (Å²) in [6, 6.07) is 21.4. The van der Waals surface area contributed by atoms with Gasteiger partial charge in [0.15, 0.2) is 0 Å². The van der Waals surface area contributed by atoms with Crippen LogP contribution in [0.4, 0.5) is 0 Å². The summed E-state index contributed by atoms with van der Waals surface area (Å²) in [5, 5.41) is 0. The number of hydrogen-bond acceptors (Lipinski definition) is 2. The molecule has 2 fully saturated rings. The van der Waals surface area contributed by atoms with Gasteiger partial charge in [-0.2, -0.15) is 0 Å². The fourth-order valence-electron chi connectivity index (χ4n) is 4.24. The maximum atomic E-state index is 13.4. The van der Waals surface area contributed by atoms with Crippen LogP contribution in [0.25, 0.3) is 0 Å². The quantitative estimate of drug-likeness (QED) is 0.867. The first kappa shape index (κ1) is 15.4. The number of carbonyl (C=O) groups is 1. The molecule has 2 aromatic rings. The van der Waals surface area contributed by atoms with Crippen LogP contribution in [0.5, 0.6) is 0 Å². The molecule has 3 heteroatoms. The van der Waals surface area contributed by atoms with E-state index in [1.165, 1.54) is 12.8 Å². The van der Waals surface area contributed by atoms with E-state index < -0.39 is 0 Å². The molecule has 4 rings (SSSR count). The summed E-state index contributed by atoms with van der Waals surface area (Å²) in [6.45, 7) is 1.73. The summed E-state index contributed by atoms with van der Waals surface area (Å²) in [5.74, 6) is 0.0487. The first-order valence-corrected chi connectivity index (χ1v) is 8.84. The van der Waals surface area contributed by atoms with Gasteiger partial charge in [0.1, 0.15) is 0 Å². The number of likely N-dealkylation sites (tertiary alicyclic amines) is 1. The standard InChI is InChI=1S/C21H24N2O/c1-22-18-12-13-19(22)15-23(14-18)21(24)20(16-8-4-2-5-9-16)17-10-6-3-7-11-17/h2-11,18-20H,12-15H2,1H3. The molecule has 3 nitrogen and oxygen atoms in total. The highest BCUT2D eigenvalue weighted by molar-refractivity contribution is 5.87. The van der Waals surface area contributed by atoms with Gasteiger partial charge in [-0.3, -0.25) is 9.69 Å². The van der Waals surface area contributed by atoms with E-state index in [-0.39, 0.29) is 11.8 Å². The molecule has 2 aromatic carbocycles. The van der Waals surface area contributed by atoms with Crippen molar-refractivity contribution in [3.05, 3.63) is 71.8 Å². The molecule has 0 radical (unpaired) electrons. The van der Waals surface area contributed by atoms with Crippen molar-refractivity contribution in [3.8, 4) is 0 Å². The van der Waals surface area contributed by atoms with Gasteiger partial charge in [0, 0.05) is 25.2 Å². The molecule has 0 N–H and O–H groups in total. The minimum absolute atomic E-state index is 0.199. The van der Waals surface area contributed by atoms with Crippen molar-refractivity contribution in [2.24, 2.45) is 0 Å². The van der Waals surface area contributed by atoms with Crippen LogP contribution < -0.4 is 0 Å². The van der Waals surface area contributed by atoms with Gasteiger partial charge < -0.3 is 4.90 Å². The van der Waals surface area contributed by atoms with Crippen LogP contribution in [-0.4, -0.2) is 47.9 Å². The van der Waals surface area contributed by atoms with Crippen LogP contribution in [-0.2, 0) is 4.79 Å². The lowest BCUT2D eigenvalue weighted by molar-refractivity contribution is -0.135. The minimum atomic E-state index is -0.199. The van der Waals surface area contributed by atoms with Crippen molar-refractivity contribution < 1.29 is 4.79 Å². The smallest absolute Gasteiger partial charge is 0.234 e. The fraction of sp³-hybridized carbons (Fsp3) is 0.381. The van der Waals surface area contributed by atoms with Gasteiger partial charge in [-0.25, -0.2) is 0 Å². The molecule has 1 amide bonds. The van der Waals surface area contributed by atoms with E-state index in [9.17, 15) is 4.79 Å². The molecule has 2 unspecified atom stereocenters. The van der Waals surface area contributed by atoms with Crippen LogP contribution in [0.3, 0.4) is 0 Å². The monoisotopic (exact) mass is 320 g/mol. The Balaban J connectivity index is 1.65. The number of nitrogens with zero attached hydrogens (tertiary/aromatic N) is 2. The van der Waals surface area contributed by atoms with Crippen molar-refractivity contribution in [1.82, 2.24) is 9.80 Å². The first-order chi connectivity index (χ1) is 11.7. The molecule has 2 bridgehead atoms. The van der Waals surface area contributed by atoms with E-state index in [2.05, 4.69) is 41.1 Å². The second-order valence-electron chi connectivity index (χ2n) is 7.05. The highest BCUT2D eigenvalue weighted by atomic mass is 16.2. The topological polar surface area (TPSA) is 23.6 Å². The molecule has 0 aliphatic carbocycles. The summed E-state index contributed by atoms with van der Waals surface area (Å²) in [7, 11) is 2.20. The first-order valence-electron chi connectivity index (χ1n) is 8.84. The van der Waals surface area contributed by atoms with E-state index in [0.29, 0.717) is 12.1 Å². The molecule has 2 atom stereocenters. The number of benzene rings is 2. The van der Waals surface area contributed by atoms with Gasteiger partial charge in [-0.15, -0.1) is 0 Å². The lowest BCUT2D eigenvalue weighted by Crippen LogP contribution is -2.54. The summed E-state index contributed by atoms with van der Waals surface area (Å²) in [6.07, 6.45) is 2.43. The second kappa shape index (κ2) is 6.40. The van der Waals surface area contributed by atoms with E-state index >= 15 is 0 Å². The number of likely N-dealkylation sites (N-methyl/N-ethyl adjacent to an activating group) is 1. The summed E-state index contributed by atoms with van der Waals surface area (Å²) < 4.78 is 0. The number of amides is 1. The molecule has 124 valence electrons. The number of carbonyl (C=O) groups excluding carboxylic acids is 1. The van der Waals surface area contributed by atoms with Crippen molar-refractivity contribution in [2.45, 2.75) is 30.8 Å². The molecule has 24 heavy (non-hydrogen) atoms. The molecule has 0 aromatic heterocycles. The maximum Gasteiger partial charge on any atom is 0.234 e. The predicted octanol–water partition coefficient (Wildman–Crippen LogP) is 3.12. The lowest BCUT2D eigenvalue weighted by atomic mass is 9.89. The summed E-state index contributed by atoms with van der Waals surface area (Å²) in [4.78, 5) is 18.0. The third-order valence-electron chi connectivity index (χ3n) is 5.67. The number of rotatable bonds is 3. The van der Waals surface area contributed by atoms with Gasteiger partial charge >= 0.3 is 0 Å². The largest absolute Gasteiger partial charge is 0.339 e. The van der Waals surface area contributed by atoms with Gasteiger partial charge in [0.2, 0.25) is 5.91 Å². The van der Waals surface area contributed by atoms with Gasteiger partial charge in [0.05, 0.1) is 5.92 Å². The summed E-state index contributed by atoms with van der Waals surface area (Å²) >= 11 is 0.